The molecule has 0 atom stereocenters. The number of thioether (sulfide) groups is 1. The number of hydrogen-bond donors (Lipinski definition) is 1. The number of amidine groups is 1. The molecule has 0 bridgehead atoms. The van der Waals surface area contributed by atoms with Crippen LogP contribution in [0.1, 0.15) is 11.1 Å². The van der Waals surface area contributed by atoms with E-state index in [9.17, 15) is 4.79 Å². The lowest BCUT2D eigenvalue weighted by Crippen LogP contribution is -2.09. The van der Waals surface area contributed by atoms with Gasteiger partial charge in [0.2, 0.25) is 0 Å². The zero-order chi connectivity index (χ0) is 18.5. The Morgan fingerprint density at radius 3 is 2.58 bits per heavy atom. The minimum absolute atomic E-state index is 0.234. The van der Waals surface area contributed by atoms with Gasteiger partial charge in [0.25, 0.3) is 5.91 Å². The Balaban J connectivity index is 1.64. The number of amides is 1. The molecule has 7 heteroatoms. The van der Waals surface area contributed by atoms with E-state index in [4.69, 9.17) is 26.8 Å². The van der Waals surface area contributed by atoms with Crippen molar-refractivity contribution in [3.05, 3.63) is 63.5 Å². The highest BCUT2D eigenvalue weighted by molar-refractivity contribution is 8.18. The number of halogens is 1. The summed E-state index contributed by atoms with van der Waals surface area (Å²) < 4.78 is 11.4. The molecule has 0 aromatic heterocycles. The Morgan fingerprint density at radius 1 is 1.15 bits per heavy atom. The van der Waals surface area contributed by atoms with Crippen LogP contribution in [0.4, 0.5) is 0 Å². The molecule has 0 fully saturated rings. The molecule has 0 saturated carbocycles. The number of carbonyl (C=O) groups excluding carboxylic acids is 1. The van der Waals surface area contributed by atoms with Gasteiger partial charge in [-0.1, -0.05) is 29.3 Å². The summed E-state index contributed by atoms with van der Waals surface area (Å²) in [4.78, 5) is 15.9. The van der Waals surface area contributed by atoms with Crippen LogP contribution in [0, 0.1) is 6.92 Å². The third-order valence-corrected chi connectivity index (χ3v) is 4.57. The first-order valence-electron chi connectivity index (χ1n) is 7.91. The summed E-state index contributed by atoms with van der Waals surface area (Å²) in [5, 5.41) is 0.779. The van der Waals surface area contributed by atoms with E-state index in [2.05, 4.69) is 4.99 Å². The molecule has 1 aliphatic rings. The third-order valence-electron chi connectivity index (χ3n) is 3.53. The average Bonchev–Trinajstić information content (AvgIpc) is 2.92. The Hall–Kier alpha value is -2.44. The monoisotopic (exact) mass is 388 g/mol. The van der Waals surface area contributed by atoms with Crippen LogP contribution in [0.25, 0.3) is 6.08 Å². The van der Waals surface area contributed by atoms with Gasteiger partial charge in [0.15, 0.2) is 5.17 Å². The molecule has 1 aliphatic heterocycles. The smallest absolute Gasteiger partial charge is 0.286 e. The number of aliphatic imine (C=N–C) groups is 1. The Bertz CT molecular complexity index is 879. The molecular weight excluding hydrogens is 372 g/mol. The minimum atomic E-state index is -0.360. The van der Waals surface area contributed by atoms with Crippen LogP contribution in [0.15, 0.2) is 52.4 Å². The highest BCUT2D eigenvalue weighted by atomic mass is 35.5. The maximum absolute atomic E-state index is 11.8. The first kappa shape index (κ1) is 18.4. The molecule has 2 aromatic carbocycles. The lowest BCUT2D eigenvalue weighted by atomic mass is 10.2. The van der Waals surface area contributed by atoms with Gasteiger partial charge in [0, 0.05) is 10.6 Å². The molecule has 3 rings (SSSR count). The Labute approximate surface area is 160 Å². The highest BCUT2D eigenvalue weighted by Crippen LogP contribution is 2.31. The quantitative estimate of drug-likeness (QED) is 0.597. The van der Waals surface area contributed by atoms with Gasteiger partial charge in [-0.2, -0.15) is 4.99 Å². The van der Waals surface area contributed by atoms with E-state index in [0.29, 0.717) is 34.5 Å². The number of nitrogens with zero attached hydrogens (tertiary/aromatic N) is 1. The van der Waals surface area contributed by atoms with Gasteiger partial charge in [-0.25, -0.2) is 0 Å². The summed E-state index contributed by atoms with van der Waals surface area (Å²) in [7, 11) is 0. The first-order valence-corrected chi connectivity index (χ1v) is 9.10. The Morgan fingerprint density at radius 2 is 1.88 bits per heavy atom. The molecule has 2 N–H and O–H groups in total. The standard InChI is InChI=1S/C19H17ClN2O3S/c1-12-2-5-15(6-3-12)24-8-9-25-16-7-4-14(20)10-13(16)11-17-18(23)22-19(21)26-17/h2-7,10-11H,8-9H2,1H3,(H2,21,22,23)/b17-11+. The van der Waals surface area contributed by atoms with Gasteiger partial charge in [-0.05, 0) is 55.1 Å². The van der Waals surface area contributed by atoms with E-state index in [-0.39, 0.29) is 11.1 Å². The van der Waals surface area contributed by atoms with Gasteiger partial charge in [0.05, 0.1) is 4.91 Å². The number of aryl methyl sites for hydroxylation is 1. The van der Waals surface area contributed by atoms with Crippen molar-refractivity contribution in [2.75, 3.05) is 13.2 Å². The largest absolute Gasteiger partial charge is 0.490 e. The van der Waals surface area contributed by atoms with Gasteiger partial charge < -0.3 is 15.2 Å². The lowest BCUT2D eigenvalue weighted by Gasteiger charge is -2.11. The number of rotatable bonds is 6. The SMILES string of the molecule is Cc1ccc(OCCOc2ccc(Cl)cc2/C=C2/SC(N)=NC2=O)cc1. The number of carbonyl (C=O) groups is 1. The topological polar surface area (TPSA) is 73.9 Å². The summed E-state index contributed by atoms with van der Waals surface area (Å²) in [5.41, 5.74) is 7.44. The summed E-state index contributed by atoms with van der Waals surface area (Å²) in [5.74, 6) is 1.03. The molecule has 1 heterocycles. The molecule has 26 heavy (non-hydrogen) atoms. The fourth-order valence-corrected chi connectivity index (χ4v) is 3.13. The van der Waals surface area contributed by atoms with Crippen LogP contribution in [0.5, 0.6) is 11.5 Å². The van der Waals surface area contributed by atoms with Crippen molar-refractivity contribution in [1.82, 2.24) is 0 Å². The van der Waals surface area contributed by atoms with Gasteiger partial charge in [-0.3, -0.25) is 4.79 Å². The van der Waals surface area contributed by atoms with E-state index in [1.54, 1.807) is 24.3 Å². The molecular formula is C19H17ClN2O3S. The molecule has 0 unspecified atom stereocenters. The minimum Gasteiger partial charge on any atom is -0.490 e. The fraction of sp³-hybridized carbons (Fsp3) is 0.158. The third kappa shape index (κ3) is 4.80. The van der Waals surface area contributed by atoms with E-state index in [0.717, 1.165) is 17.5 Å². The molecule has 2 aromatic rings. The zero-order valence-electron chi connectivity index (χ0n) is 14.1. The maximum Gasteiger partial charge on any atom is 0.286 e. The molecule has 1 amide bonds. The van der Waals surface area contributed by atoms with Crippen molar-refractivity contribution in [2.24, 2.45) is 10.7 Å². The van der Waals surface area contributed by atoms with Crippen LogP contribution in [0.2, 0.25) is 5.02 Å². The van der Waals surface area contributed by atoms with Gasteiger partial charge >= 0.3 is 0 Å². The normalized spacial score (nSPS) is 15.2. The molecule has 0 spiro atoms. The molecule has 0 aliphatic carbocycles. The van der Waals surface area contributed by atoms with Crippen molar-refractivity contribution >= 4 is 40.5 Å². The van der Waals surface area contributed by atoms with Crippen LogP contribution in [-0.2, 0) is 4.79 Å². The van der Waals surface area contributed by atoms with Crippen LogP contribution >= 0.6 is 23.4 Å². The van der Waals surface area contributed by atoms with Crippen molar-refractivity contribution in [3.63, 3.8) is 0 Å². The van der Waals surface area contributed by atoms with E-state index in [1.165, 1.54) is 5.56 Å². The van der Waals surface area contributed by atoms with E-state index < -0.39 is 0 Å². The number of ether oxygens (including phenoxy) is 2. The highest BCUT2D eigenvalue weighted by Gasteiger charge is 2.20. The van der Waals surface area contributed by atoms with Crippen LogP contribution in [0.3, 0.4) is 0 Å². The number of hydrogen-bond acceptors (Lipinski definition) is 5. The number of benzene rings is 2. The molecule has 5 nitrogen and oxygen atoms in total. The zero-order valence-corrected chi connectivity index (χ0v) is 15.6. The summed E-state index contributed by atoms with van der Waals surface area (Å²) >= 11 is 7.19. The first-order chi connectivity index (χ1) is 12.5. The second-order valence-corrected chi connectivity index (χ2v) is 7.06. The summed E-state index contributed by atoms with van der Waals surface area (Å²) in [6.45, 7) is 2.77. The van der Waals surface area contributed by atoms with Crippen molar-refractivity contribution in [1.29, 1.82) is 0 Å². The molecule has 0 radical (unpaired) electrons. The molecule has 0 saturated heterocycles. The van der Waals surface area contributed by atoms with Crippen molar-refractivity contribution in [3.8, 4) is 11.5 Å². The summed E-state index contributed by atoms with van der Waals surface area (Å²) in [6.07, 6.45) is 1.68. The van der Waals surface area contributed by atoms with Gasteiger partial charge in [0.1, 0.15) is 24.7 Å². The van der Waals surface area contributed by atoms with Crippen LogP contribution < -0.4 is 15.2 Å². The van der Waals surface area contributed by atoms with Crippen molar-refractivity contribution < 1.29 is 14.3 Å². The fourth-order valence-electron chi connectivity index (χ4n) is 2.28. The molecule has 134 valence electrons. The second-order valence-electron chi connectivity index (χ2n) is 5.56. The van der Waals surface area contributed by atoms with E-state index in [1.807, 2.05) is 31.2 Å². The van der Waals surface area contributed by atoms with Crippen LogP contribution in [-0.4, -0.2) is 24.3 Å². The Kier molecular flexibility index (Phi) is 5.85. The predicted octanol–water partition coefficient (Wildman–Crippen LogP) is 4.04. The summed E-state index contributed by atoms with van der Waals surface area (Å²) in [6, 6.07) is 13.0. The average molecular weight is 389 g/mol. The number of nitrogens with two attached hydrogens (primary N) is 1. The van der Waals surface area contributed by atoms with Gasteiger partial charge in [-0.15, -0.1) is 0 Å². The maximum atomic E-state index is 11.8. The lowest BCUT2D eigenvalue weighted by molar-refractivity contribution is -0.113. The second kappa shape index (κ2) is 8.29. The van der Waals surface area contributed by atoms with E-state index >= 15 is 0 Å². The van der Waals surface area contributed by atoms with Crippen molar-refractivity contribution in [2.45, 2.75) is 6.92 Å². The predicted molar refractivity (Wildman–Crippen MR) is 106 cm³/mol.